The molecule has 0 N–H and O–H groups in total. The first-order valence-electron chi connectivity index (χ1n) is 9.46. The van der Waals surface area contributed by atoms with E-state index >= 15 is 0 Å². The van der Waals surface area contributed by atoms with Gasteiger partial charge in [-0.05, 0) is 37.1 Å². The van der Waals surface area contributed by atoms with Crippen molar-refractivity contribution in [2.75, 3.05) is 37.9 Å². The summed E-state index contributed by atoms with van der Waals surface area (Å²) in [5.74, 6) is 1.36. The summed E-state index contributed by atoms with van der Waals surface area (Å²) in [6, 6.07) is 21.3. The zero-order chi connectivity index (χ0) is 18.5. The minimum absolute atomic E-state index is 0. The van der Waals surface area contributed by atoms with Crippen molar-refractivity contribution >= 4 is 35.6 Å². The van der Waals surface area contributed by atoms with Crippen molar-refractivity contribution < 1.29 is 0 Å². The first-order chi connectivity index (χ1) is 12.8. The molecule has 0 amide bonds. The van der Waals surface area contributed by atoms with Crippen LogP contribution in [0.5, 0.6) is 0 Å². The SMILES string of the molecule is Cl.ClCCN(CCCCN(CCCl)Cc1ccccc1)Cc1ccccc1. The second-order valence-corrected chi connectivity index (χ2v) is 7.36. The van der Waals surface area contributed by atoms with E-state index in [4.69, 9.17) is 23.2 Å². The molecule has 5 heteroatoms. The van der Waals surface area contributed by atoms with Crippen molar-refractivity contribution in [2.45, 2.75) is 25.9 Å². The van der Waals surface area contributed by atoms with Gasteiger partial charge < -0.3 is 0 Å². The van der Waals surface area contributed by atoms with Gasteiger partial charge in [-0.3, -0.25) is 9.80 Å². The average molecular weight is 430 g/mol. The summed E-state index contributed by atoms with van der Waals surface area (Å²) >= 11 is 12.0. The maximum Gasteiger partial charge on any atom is 0.0351 e. The maximum absolute atomic E-state index is 5.99. The average Bonchev–Trinajstić information content (AvgIpc) is 2.67. The van der Waals surface area contributed by atoms with Crippen molar-refractivity contribution in [3.8, 4) is 0 Å². The number of benzene rings is 2. The van der Waals surface area contributed by atoms with Crippen LogP contribution in [0.2, 0.25) is 0 Å². The Balaban J connectivity index is 0.00000364. The topological polar surface area (TPSA) is 6.48 Å². The molecule has 0 spiro atoms. The summed E-state index contributed by atoms with van der Waals surface area (Å²) in [5.41, 5.74) is 2.70. The Labute approximate surface area is 180 Å². The van der Waals surface area contributed by atoms with Gasteiger partial charge in [0.1, 0.15) is 0 Å². The minimum atomic E-state index is 0. The van der Waals surface area contributed by atoms with Crippen LogP contribution in [-0.2, 0) is 13.1 Å². The summed E-state index contributed by atoms with van der Waals surface area (Å²) in [7, 11) is 0. The Kier molecular flexibility index (Phi) is 13.7. The minimum Gasteiger partial charge on any atom is -0.298 e. The first kappa shape index (κ1) is 24.3. The van der Waals surface area contributed by atoms with Gasteiger partial charge in [-0.25, -0.2) is 0 Å². The lowest BCUT2D eigenvalue weighted by molar-refractivity contribution is 0.246. The molecular weight excluding hydrogens is 399 g/mol. The lowest BCUT2D eigenvalue weighted by Crippen LogP contribution is -2.29. The largest absolute Gasteiger partial charge is 0.298 e. The van der Waals surface area contributed by atoms with Gasteiger partial charge in [0, 0.05) is 37.9 Å². The molecule has 0 saturated carbocycles. The van der Waals surface area contributed by atoms with Crippen LogP contribution in [-0.4, -0.2) is 47.7 Å². The number of alkyl halides is 2. The quantitative estimate of drug-likeness (QED) is 0.299. The fourth-order valence-corrected chi connectivity index (χ4v) is 3.61. The molecule has 0 aliphatic heterocycles. The maximum atomic E-state index is 5.99. The van der Waals surface area contributed by atoms with Crippen molar-refractivity contribution in [1.29, 1.82) is 0 Å². The molecule has 150 valence electrons. The molecule has 0 saturated heterocycles. The molecule has 0 bridgehead atoms. The van der Waals surface area contributed by atoms with E-state index in [-0.39, 0.29) is 12.4 Å². The lowest BCUT2D eigenvalue weighted by atomic mass is 10.2. The number of unbranched alkanes of at least 4 members (excludes halogenated alkanes) is 1. The molecule has 0 unspecified atom stereocenters. The van der Waals surface area contributed by atoms with Gasteiger partial charge >= 0.3 is 0 Å². The molecule has 0 aliphatic rings. The van der Waals surface area contributed by atoms with Crippen LogP contribution < -0.4 is 0 Å². The Hall–Kier alpha value is -0.770. The van der Waals surface area contributed by atoms with Gasteiger partial charge in [-0.2, -0.15) is 0 Å². The summed E-state index contributed by atoms with van der Waals surface area (Å²) in [5, 5.41) is 0. The highest BCUT2D eigenvalue weighted by molar-refractivity contribution is 6.18. The Morgan fingerprint density at radius 2 is 0.926 bits per heavy atom. The number of hydrogen-bond donors (Lipinski definition) is 0. The zero-order valence-electron chi connectivity index (χ0n) is 15.9. The van der Waals surface area contributed by atoms with Crippen molar-refractivity contribution in [3.05, 3.63) is 71.8 Å². The molecule has 0 radical (unpaired) electrons. The fraction of sp³-hybridized carbons (Fsp3) is 0.455. The van der Waals surface area contributed by atoms with Crippen molar-refractivity contribution in [1.82, 2.24) is 9.80 Å². The number of halogens is 3. The van der Waals surface area contributed by atoms with E-state index in [0.29, 0.717) is 11.8 Å². The van der Waals surface area contributed by atoms with Crippen LogP contribution in [0.4, 0.5) is 0 Å². The second kappa shape index (κ2) is 15.2. The van der Waals surface area contributed by atoms with E-state index in [1.54, 1.807) is 0 Å². The van der Waals surface area contributed by atoms with Gasteiger partial charge in [0.2, 0.25) is 0 Å². The standard InChI is InChI=1S/C22H30Cl2N2.ClH/c23-13-17-25(19-21-9-3-1-4-10-21)15-7-8-16-26(18-14-24)20-22-11-5-2-6-12-22;/h1-6,9-12H,7-8,13-20H2;1H. The first-order valence-corrected chi connectivity index (χ1v) is 10.5. The lowest BCUT2D eigenvalue weighted by Gasteiger charge is -2.24. The van der Waals surface area contributed by atoms with E-state index in [1.807, 2.05) is 0 Å². The molecule has 0 aliphatic carbocycles. The third kappa shape index (κ3) is 10.4. The summed E-state index contributed by atoms with van der Waals surface area (Å²) in [6.45, 7) is 5.99. The normalized spacial score (nSPS) is 11.0. The highest BCUT2D eigenvalue weighted by Crippen LogP contribution is 2.09. The molecule has 0 fully saturated rings. The summed E-state index contributed by atoms with van der Waals surface area (Å²) < 4.78 is 0. The van der Waals surface area contributed by atoms with Gasteiger partial charge in [0.05, 0.1) is 0 Å². The fourth-order valence-electron chi connectivity index (χ4n) is 3.13. The predicted octanol–water partition coefficient (Wildman–Crippen LogP) is 5.67. The summed E-state index contributed by atoms with van der Waals surface area (Å²) in [4.78, 5) is 4.90. The molecule has 2 aromatic carbocycles. The monoisotopic (exact) mass is 428 g/mol. The van der Waals surface area contributed by atoms with Gasteiger partial charge in [-0.15, -0.1) is 35.6 Å². The van der Waals surface area contributed by atoms with E-state index in [9.17, 15) is 0 Å². The zero-order valence-corrected chi connectivity index (χ0v) is 18.2. The Morgan fingerprint density at radius 1 is 0.556 bits per heavy atom. The van der Waals surface area contributed by atoms with E-state index in [2.05, 4.69) is 70.5 Å². The van der Waals surface area contributed by atoms with Gasteiger partial charge in [0.25, 0.3) is 0 Å². The number of rotatable bonds is 13. The van der Waals surface area contributed by atoms with Crippen molar-refractivity contribution in [2.24, 2.45) is 0 Å². The van der Waals surface area contributed by atoms with Crippen LogP contribution in [0.25, 0.3) is 0 Å². The highest BCUT2D eigenvalue weighted by Gasteiger charge is 2.08. The van der Waals surface area contributed by atoms with Gasteiger partial charge in [0.15, 0.2) is 0 Å². The molecule has 27 heavy (non-hydrogen) atoms. The second-order valence-electron chi connectivity index (χ2n) is 6.61. The third-order valence-corrected chi connectivity index (χ3v) is 4.84. The number of hydrogen-bond acceptors (Lipinski definition) is 2. The molecular formula is C22H31Cl3N2. The number of nitrogens with zero attached hydrogens (tertiary/aromatic N) is 2. The Bertz CT molecular complexity index is 527. The van der Waals surface area contributed by atoms with E-state index < -0.39 is 0 Å². The van der Waals surface area contributed by atoms with E-state index in [1.165, 1.54) is 24.0 Å². The molecule has 2 nitrogen and oxygen atoms in total. The highest BCUT2D eigenvalue weighted by atomic mass is 35.5. The van der Waals surface area contributed by atoms with Crippen LogP contribution in [0.15, 0.2) is 60.7 Å². The van der Waals surface area contributed by atoms with Crippen LogP contribution in [0, 0.1) is 0 Å². The molecule has 2 rings (SSSR count). The summed E-state index contributed by atoms with van der Waals surface area (Å²) in [6.07, 6.45) is 2.36. The molecule has 0 atom stereocenters. The van der Waals surface area contributed by atoms with E-state index in [0.717, 1.165) is 39.3 Å². The van der Waals surface area contributed by atoms with Crippen LogP contribution in [0.1, 0.15) is 24.0 Å². The molecule has 0 heterocycles. The molecule has 0 aromatic heterocycles. The van der Waals surface area contributed by atoms with Crippen LogP contribution >= 0.6 is 35.6 Å². The molecule has 2 aromatic rings. The predicted molar refractivity (Wildman–Crippen MR) is 121 cm³/mol. The smallest absolute Gasteiger partial charge is 0.0351 e. The van der Waals surface area contributed by atoms with Crippen LogP contribution in [0.3, 0.4) is 0 Å². The van der Waals surface area contributed by atoms with Crippen molar-refractivity contribution in [3.63, 3.8) is 0 Å². The van der Waals surface area contributed by atoms with Gasteiger partial charge in [-0.1, -0.05) is 60.7 Å². The third-order valence-electron chi connectivity index (χ3n) is 4.50. The Morgan fingerprint density at radius 3 is 1.26 bits per heavy atom.